The van der Waals surface area contributed by atoms with Crippen molar-refractivity contribution in [3.05, 3.63) is 42.1 Å². The van der Waals surface area contributed by atoms with E-state index >= 15 is 0 Å². The molecule has 27 heavy (non-hydrogen) atoms. The van der Waals surface area contributed by atoms with Crippen molar-refractivity contribution in [2.75, 3.05) is 17.2 Å². The van der Waals surface area contributed by atoms with Crippen LogP contribution in [0.5, 0.6) is 0 Å². The first-order valence-electron chi connectivity index (χ1n) is 8.80. The van der Waals surface area contributed by atoms with Gasteiger partial charge in [0, 0.05) is 38.5 Å². The molecule has 9 heteroatoms. The summed E-state index contributed by atoms with van der Waals surface area (Å²) in [4.78, 5) is 8.94. The molecule has 142 valence electrons. The molecule has 2 heterocycles. The Hall–Kier alpha value is -2.81. The smallest absolute Gasteiger partial charge is 0.252 e. The molecule has 0 saturated heterocycles. The molecule has 4 N–H and O–H groups in total. The fraction of sp³-hybridized carbons (Fsp3) is 0.389. The first kappa shape index (κ1) is 17.6. The van der Waals surface area contributed by atoms with Crippen molar-refractivity contribution in [2.45, 2.75) is 30.8 Å². The summed E-state index contributed by atoms with van der Waals surface area (Å²) < 4.78 is 27.9. The third-order valence-corrected chi connectivity index (χ3v) is 4.73. The van der Waals surface area contributed by atoms with E-state index in [4.69, 9.17) is 5.73 Å². The van der Waals surface area contributed by atoms with E-state index < -0.39 is 5.92 Å². The van der Waals surface area contributed by atoms with E-state index in [1.54, 1.807) is 17.9 Å². The number of halogens is 2. The molecule has 1 aliphatic rings. The lowest BCUT2D eigenvalue weighted by atomic mass is 9.88. The van der Waals surface area contributed by atoms with Crippen LogP contribution in [0.4, 0.5) is 20.5 Å². The number of aryl methyl sites for hydroxylation is 1. The van der Waals surface area contributed by atoms with Crippen LogP contribution in [0.25, 0.3) is 11.0 Å². The first-order chi connectivity index (χ1) is 12.9. The summed E-state index contributed by atoms with van der Waals surface area (Å²) in [6, 6.07) is 9.19. The van der Waals surface area contributed by atoms with Crippen molar-refractivity contribution in [2.24, 2.45) is 12.8 Å². The van der Waals surface area contributed by atoms with Gasteiger partial charge in [-0.2, -0.15) is 15.1 Å². The molecule has 0 amide bonds. The Kier molecular flexibility index (Phi) is 4.39. The zero-order chi connectivity index (χ0) is 19.0. The molecule has 1 aliphatic carbocycles. The van der Waals surface area contributed by atoms with Gasteiger partial charge in [0.15, 0.2) is 5.65 Å². The Morgan fingerprint density at radius 3 is 2.70 bits per heavy atom. The van der Waals surface area contributed by atoms with Crippen molar-refractivity contribution in [3.8, 4) is 0 Å². The number of hydrogen-bond donors (Lipinski definition) is 3. The maximum Gasteiger partial charge on any atom is 0.252 e. The lowest BCUT2D eigenvalue weighted by Crippen LogP contribution is -2.44. The number of aromatic nitrogens is 4. The zero-order valence-corrected chi connectivity index (χ0v) is 14.9. The largest absolute Gasteiger partial charge is 0.366 e. The van der Waals surface area contributed by atoms with Crippen LogP contribution in [-0.4, -0.2) is 38.3 Å². The molecule has 1 fully saturated rings. The van der Waals surface area contributed by atoms with E-state index in [0.29, 0.717) is 29.3 Å². The highest BCUT2D eigenvalue weighted by molar-refractivity contribution is 5.87. The van der Waals surface area contributed by atoms with Gasteiger partial charge in [0.05, 0.1) is 11.6 Å². The van der Waals surface area contributed by atoms with Gasteiger partial charge in [0.25, 0.3) is 5.92 Å². The molecule has 0 unspecified atom stereocenters. The number of rotatable bonds is 6. The number of nitrogens with one attached hydrogen (secondary N) is 2. The maximum atomic E-state index is 13.1. The van der Waals surface area contributed by atoms with E-state index in [1.165, 1.54) is 0 Å². The third-order valence-electron chi connectivity index (χ3n) is 4.73. The molecule has 0 bridgehead atoms. The molecular weight excluding hydrogens is 352 g/mol. The van der Waals surface area contributed by atoms with Gasteiger partial charge >= 0.3 is 0 Å². The second-order valence-corrected chi connectivity index (χ2v) is 6.90. The van der Waals surface area contributed by atoms with Crippen molar-refractivity contribution in [3.63, 3.8) is 0 Å². The molecule has 1 atom stereocenters. The highest BCUT2D eigenvalue weighted by Gasteiger charge is 2.45. The SMILES string of the molecule is Cn1ncc2c(NC3CC(F)(F)C3)nc(NC[C@H](N)c3ccccc3)nc21. The number of hydrogen-bond acceptors (Lipinski definition) is 6. The molecule has 4 rings (SSSR count). The number of alkyl halides is 2. The number of nitrogens with two attached hydrogens (primary N) is 1. The fourth-order valence-electron chi connectivity index (χ4n) is 3.19. The van der Waals surface area contributed by atoms with Crippen molar-refractivity contribution >= 4 is 22.8 Å². The second kappa shape index (κ2) is 6.73. The molecule has 2 aromatic heterocycles. The Morgan fingerprint density at radius 2 is 2.00 bits per heavy atom. The molecule has 3 aromatic rings. The van der Waals surface area contributed by atoms with Crippen LogP contribution in [0.2, 0.25) is 0 Å². The zero-order valence-electron chi connectivity index (χ0n) is 14.9. The highest BCUT2D eigenvalue weighted by atomic mass is 19.3. The molecular formula is C18H21F2N7. The predicted octanol–water partition coefficient (Wildman–Crippen LogP) is 2.68. The van der Waals surface area contributed by atoms with Crippen molar-refractivity contribution < 1.29 is 8.78 Å². The summed E-state index contributed by atoms with van der Waals surface area (Å²) in [6.45, 7) is 0.439. The van der Waals surface area contributed by atoms with Crippen LogP contribution in [-0.2, 0) is 7.05 Å². The lowest BCUT2D eigenvalue weighted by Gasteiger charge is -2.35. The van der Waals surface area contributed by atoms with Crippen LogP contribution < -0.4 is 16.4 Å². The number of nitrogens with zero attached hydrogens (tertiary/aromatic N) is 4. The fourth-order valence-corrected chi connectivity index (χ4v) is 3.19. The Balaban J connectivity index is 1.53. The maximum absolute atomic E-state index is 13.1. The Bertz CT molecular complexity index is 934. The molecule has 0 spiro atoms. The molecule has 7 nitrogen and oxygen atoms in total. The van der Waals surface area contributed by atoms with Crippen LogP contribution >= 0.6 is 0 Å². The van der Waals surface area contributed by atoms with Crippen molar-refractivity contribution in [1.29, 1.82) is 0 Å². The van der Waals surface area contributed by atoms with Crippen molar-refractivity contribution in [1.82, 2.24) is 19.7 Å². The normalized spacial score (nSPS) is 17.5. The van der Waals surface area contributed by atoms with E-state index in [2.05, 4.69) is 25.7 Å². The standard InChI is InChI=1S/C18H21F2N7/c1-27-16-13(9-23-27)15(24-12-7-18(19,20)8-12)25-17(26-16)22-10-14(21)11-5-3-2-4-6-11/h2-6,9,12,14H,7-8,10,21H2,1H3,(H2,22,24,25,26)/t14-/m0/s1. The average Bonchev–Trinajstić information content (AvgIpc) is 3.00. The van der Waals surface area contributed by atoms with Gasteiger partial charge in [-0.3, -0.25) is 4.68 Å². The quantitative estimate of drug-likeness (QED) is 0.615. The number of fused-ring (bicyclic) bond motifs is 1. The second-order valence-electron chi connectivity index (χ2n) is 6.90. The Labute approximate surface area is 155 Å². The molecule has 1 aromatic carbocycles. The van der Waals surface area contributed by atoms with Crippen LogP contribution in [0.1, 0.15) is 24.4 Å². The van der Waals surface area contributed by atoms with Crippen LogP contribution in [0, 0.1) is 0 Å². The van der Waals surface area contributed by atoms with E-state index in [9.17, 15) is 8.78 Å². The van der Waals surface area contributed by atoms with Crippen LogP contribution in [0.15, 0.2) is 36.5 Å². The van der Waals surface area contributed by atoms with E-state index in [0.717, 1.165) is 5.56 Å². The topological polar surface area (TPSA) is 93.7 Å². The number of anilines is 2. The minimum Gasteiger partial charge on any atom is -0.366 e. The first-order valence-corrected chi connectivity index (χ1v) is 8.80. The van der Waals surface area contributed by atoms with E-state index in [1.807, 2.05) is 30.3 Å². The molecule has 1 saturated carbocycles. The summed E-state index contributed by atoms with van der Waals surface area (Å²) in [5.74, 6) is -1.71. The highest BCUT2D eigenvalue weighted by Crippen LogP contribution is 2.39. The average molecular weight is 373 g/mol. The van der Waals surface area contributed by atoms with Gasteiger partial charge < -0.3 is 16.4 Å². The molecule has 0 radical (unpaired) electrons. The van der Waals surface area contributed by atoms with Gasteiger partial charge in [0.1, 0.15) is 5.82 Å². The molecule has 0 aliphatic heterocycles. The summed E-state index contributed by atoms with van der Waals surface area (Å²) in [5, 5.41) is 11.1. The van der Waals surface area contributed by atoms with Gasteiger partial charge in [-0.15, -0.1) is 0 Å². The van der Waals surface area contributed by atoms with Gasteiger partial charge in [-0.1, -0.05) is 30.3 Å². The monoisotopic (exact) mass is 373 g/mol. The third kappa shape index (κ3) is 3.68. The van der Waals surface area contributed by atoms with E-state index in [-0.39, 0.29) is 24.9 Å². The van der Waals surface area contributed by atoms with Crippen LogP contribution in [0.3, 0.4) is 0 Å². The Morgan fingerprint density at radius 1 is 1.26 bits per heavy atom. The predicted molar refractivity (Wildman–Crippen MR) is 99.8 cm³/mol. The summed E-state index contributed by atoms with van der Waals surface area (Å²) >= 11 is 0. The van der Waals surface area contributed by atoms with Gasteiger partial charge in [-0.05, 0) is 5.56 Å². The summed E-state index contributed by atoms with van der Waals surface area (Å²) in [6.07, 6.45) is 1.24. The number of benzene rings is 1. The lowest BCUT2D eigenvalue weighted by molar-refractivity contribution is -0.0793. The van der Waals surface area contributed by atoms with Gasteiger partial charge in [-0.25, -0.2) is 8.78 Å². The minimum atomic E-state index is -2.59. The minimum absolute atomic E-state index is 0.194. The summed E-state index contributed by atoms with van der Waals surface area (Å²) in [5.41, 5.74) is 7.83. The summed E-state index contributed by atoms with van der Waals surface area (Å²) in [7, 11) is 1.77. The van der Waals surface area contributed by atoms with Gasteiger partial charge in [0.2, 0.25) is 5.95 Å².